The average molecular weight is 467 g/mol. The van der Waals surface area contributed by atoms with E-state index in [0.717, 1.165) is 37.1 Å². The minimum atomic E-state index is -1.08. The first-order valence-corrected chi connectivity index (χ1v) is 11.0. The third-order valence-corrected chi connectivity index (χ3v) is 5.65. The molecule has 0 unspecified atom stereocenters. The lowest BCUT2D eigenvalue weighted by molar-refractivity contribution is -0.140. The van der Waals surface area contributed by atoms with Crippen LogP contribution in [0.25, 0.3) is 0 Å². The lowest BCUT2D eigenvalue weighted by Crippen LogP contribution is -2.37. The quantitative estimate of drug-likeness (QED) is 0.353. The fourth-order valence-electron chi connectivity index (χ4n) is 3.47. The van der Waals surface area contributed by atoms with E-state index in [1.807, 2.05) is 6.07 Å². The highest BCUT2D eigenvalue weighted by atomic mass is 35.5. The molecule has 0 saturated carbocycles. The molecule has 4 N–H and O–H groups in total. The number of pyridine rings is 2. The first-order chi connectivity index (χ1) is 15.4. The number of nitrogens with one attached hydrogen (secondary N) is 2. The molecule has 0 radical (unpaired) electrons. The standard InChI is InChI=1S/C22H28ClFN4O4/c23-18-11-25-12-19(24)17(18)10-27-20(22(30)31)7-9-32-13-16(29)6-5-15-4-3-14-2-1-8-26-21(14)28-15/h3-4,11-12,16,20,27,29H,1-2,5-10,13H2,(H,26,28)(H,30,31)/t16-,20-/m0/s1. The highest BCUT2D eigenvalue weighted by Crippen LogP contribution is 2.20. The summed E-state index contributed by atoms with van der Waals surface area (Å²) in [7, 11) is 0. The van der Waals surface area contributed by atoms with Crippen LogP contribution in [-0.2, 0) is 28.9 Å². The minimum absolute atomic E-state index is 0.0462. The number of aromatic nitrogens is 2. The number of halogens is 2. The second-order valence-corrected chi connectivity index (χ2v) is 8.16. The number of hydrogen-bond acceptors (Lipinski definition) is 7. The van der Waals surface area contributed by atoms with Crippen molar-refractivity contribution < 1.29 is 24.1 Å². The van der Waals surface area contributed by atoms with Crippen LogP contribution in [-0.4, -0.2) is 58.1 Å². The van der Waals surface area contributed by atoms with Gasteiger partial charge in [0, 0.05) is 37.2 Å². The summed E-state index contributed by atoms with van der Waals surface area (Å²) < 4.78 is 19.2. The van der Waals surface area contributed by atoms with Crippen LogP contribution in [0.2, 0.25) is 5.02 Å². The zero-order chi connectivity index (χ0) is 22.9. The molecule has 3 heterocycles. The maximum Gasteiger partial charge on any atom is 0.320 e. The van der Waals surface area contributed by atoms with Gasteiger partial charge in [0.15, 0.2) is 0 Å². The molecule has 8 nitrogen and oxygen atoms in total. The van der Waals surface area contributed by atoms with E-state index < -0.39 is 23.9 Å². The van der Waals surface area contributed by atoms with Crippen LogP contribution in [0.5, 0.6) is 0 Å². The van der Waals surface area contributed by atoms with Crippen LogP contribution in [0, 0.1) is 5.82 Å². The molecule has 0 saturated heterocycles. The van der Waals surface area contributed by atoms with Gasteiger partial charge in [0.1, 0.15) is 17.7 Å². The van der Waals surface area contributed by atoms with Gasteiger partial charge in [-0.05, 0) is 43.7 Å². The van der Waals surface area contributed by atoms with E-state index in [0.29, 0.717) is 12.8 Å². The molecule has 0 bridgehead atoms. The SMILES string of the molecule is O=C(O)[C@H](CCOC[C@@H](O)CCc1ccc2c(n1)NCCC2)NCc1c(F)cncc1Cl. The van der Waals surface area contributed by atoms with E-state index in [2.05, 4.69) is 26.7 Å². The van der Waals surface area contributed by atoms with Gasteiger partial charge < -0.3 is 25.6 Å². The van der Waals surface area contributed by atoms with Crippen LogP contribution in [0.1, 0.15) is 36.1 Å². The van der Waals surface area contributed by atoms with Crippen LogP contribution >= 0.6 is 11.6 Å². The first kappa shape index (κ1) is 24.3. The first-order valence-electron chi connectivity index (χ1n) is 10.7. The molecule has 1 aliphatic heterocycles. The maximum atomic E-state index is 13.8. The second kappa shape index (κ2) is 12.1. The van der Waals surface area contributed by atoms with Crippen molar-refractivity contribution in [3.63, 3.8) is 0 Å². The highest BCUT2D eigenvalue weighted by Gasteiger charge is 2.19. The molecule has 0 amide bonds. The Morgan fingerprint density at radius 3 is 2.97 bits per heavy atom. The molecule has 174 valence electrons. The van der Waals surface area contributed by atoms with Gasteiger partial charge in [-0.15, -0.1) is 0 Å². The van der Waals surface area contributed by atoms with E-state index in [1.165, 1.54) is 11.8 Å². The molecule has 0 aromatic carbocycles. The number of nitrogens with zero attached hydrogens (tertiary/aromatic N) is 2. The summed E-state index contributed by atoms with van der Waals surface area (Å²) in [4.78, 5) is 19.7. The number of aliphatic hydroxyl groups excluding tert-OH is 1. The summed E-state index contributed by atoms with van der Waals surface area (Å²) in [6, 6.07) is 3.12. The summed E-state index contributed by atoms with van der Waals surface area (Å²) in [6.45, 7) is 1.11. The average Bonchev–Trinajstić information content (AvgIpc) is 2.78. The number of carboxylic acid groups (broad SMARTS) is 1. The van der Waals surface area contributed by atoms with Gasteiger partial charge in [0.2, 0.25) is 0 Å². The van der Waals surface area contributed by atoms with Crippen LogP contribution in [0.15, 0.2) is 24.5 Å². The number of aliphatic hydroxyl groups is 1. The largest absolute Gasteiger partial charge is 0.480 e. The minimum Gasteiger partial charge on any atom is -0.480 e. The molecule has 32 heavy (non-hydrogen) atoms. The van der Waals surface area contributed by atoms with Crippen molar-refractivity contribution in [3.8, 4) is 0 Å². The van der Waals surface area contributed by atoms with E-state index in [1.54, 1.807) is 0 Å². The smallest absolute Gasteiger partial charge is 0.320 e. The zero-order valence-corrected chi connectivity index (χ0v) is 18.4. The predicted octanol–water partition coefficient (Wildman–Crippen LogP) is 2.57. The Bertz CT molecular complexity index is 897. The molecule has 10 heteroatoms. The number of carboxylic acids is 1. The van der Waals surface area contributed by atoms with Crippen molar-refractivity contribution in [2.45, 2.75) is 50.8 Å². The third-order valence-electron chi connectivity index (χ3n) is 5.32. The van der Waals surface area contributed by atoms with Gasteiger partial charge in [0.05, 0.1) is 23.9 Å². The zero-order valence-electron chi connectivity index (χ0n) is 17.7. The summed E-state index contributed by atoms with van der Waals surface area (Å²) in [5.41, 5.74) is 2.30. The van der Waals surface area contributed by atoms with Crippen LogP contribution in [0.4, 0.5) is 10.2 Å². The molecule has 0 spiro atoms. The predicted molar refractivity (Wildman–Crippen MR) is 118 cm³/mol. The monoisotopic (exact) mass is 466 g/mol. The van der Waals surface area contributed by atoms with Gasteiger partial charge in [-0.25, -0.2) is 9.37 Å². The van der Waals surface area contributed by atoms with E-state index in [9.17, 15) is 19.4 Å². The summed E-state index contributed by atoms with van der Waals surface area (Å²) in [6.07, 6.45) is 5.06. The van der Waals surface area contributed by atoms with Gasteiger partial charge in [0.25, 0.3) is 0 Å². The third kappa shape index (κ3) is 7.09. The van der Waals surface area contributed by atoms with Crippen LogP contribution in [0.3, 0.4) is 0 Å². The van der Waals surface area contributed by atoms with E-state index in [4.69, 9.17) is 16.3 Å². The number of ether oxygens (including phenoxy) is 1. The van der Waals surface area contributed by atoms with Crippen molar-refractivity contribution >= 4 is 23.4 Å². The number of aryl methyl sites for hydroxylation is 2. The molecular formula is C22H28ClFN4O4. The van der Waals surface area contributed by atoms with Crippen molar-refractivity contribution in [2.24, 2.45) is 0 Å². The number of rotatable bonds is 12. The molecule has 2 aromatic rings. The van der Waals surface area contributed by atoms with E-state index in [-0.39, 0.29) is 36.8 Å². The van der Waals surface area contributed by atoms with Gasteiger partial charge in [-0.2, -0.15) is 0 Å². The maximum absolute atomic E-state index is 13.8. The van der Waals surface area contributed by atoms with Gasteiger partial charge in [-0.1, -0.05) is 17.7 Å². The normalized spacial score (nSPS) is 15.0. The molecule has 1 aliphatic rings. The number of fused-ring (bicyclic) bond motifs is 1. The van der Waals surface area contributed by atoms with Crippen molar-refractivity contribution in [2.75, 3.05) is 25.1 Å². The number of anilines is 1. The lowest BCUT2D eigenvalue weighted by Gasteiger charge is -2.18. The van der Waals surface area contributed by atoms with Crippen molar-refractivity contribution in [1.82, 2.24) is 15.3 Å². The summed E-state index contributed by atoms with van der Waals surface area (Å²) in [5.74, 6) is -0.746. The Morgan fingerprint density at radius 2 is 2.19 bits per heavy atom. The molecule has 2 aromatic heterocycles. The fraction of sp³-hybridized carbons (Fsp3) is 0.500. The summed E-state index contributed by atoms with van der Waals surface area (Å²) in [5, 5.41) is 25.7. The topological polar surface area (TPSA) is 117 Å². The van der Waals surface area contributed by atoms with Crippen LogP contribution < -0.4 is 10.6 Å². The fourth-order valence-corrected chi connectivity index (χ4v) is 3.68. The molecule has 0 aliphatic carbocycles. The lowest BCUT2D eigenvalue weighted by atomic mass is 10.1. The van der Waals surface area contributed by atoms with Crippen molar-refractivity contribution in [1.29, 1.82) is 0 Å². The van der Waals surface area contributed by atoms with Gasteiger partial charge in [-0.3, -0.25) is 9.78 Å². The number of aliphatic carboxylic acids is 1. The Morgan fingerprint density at radius 1 is 1.34 bits per heavy atom. The number of hydrogen-bond donors (Lipinski definition) is 4. The van der Waals surface area contributed by atoms with Crippen molar-refractivity contribution in [3.05, 3.63) is 52.2 Å². The Labute approximate surface area is 191 Å². The molecule has 3 rings (SSSR count). The second-order valence-electron chi connectivity index (χ2n) is 7.75. The van der Waals surface area contributed by atoms with Gasteiger partial charge >= 0.3 is 5.97 Å². The Balaban J connectivity index is 1.36. The molecular weight excluding hydrogens is 439 g/mol. The molecule has 2 atom stereocenters. The summed E-state index contributed by atoms with van der Waals surface area (Å²) >= 11 is 5.91. The Kier molecular flexibility index (Phi) is 9.16. The Hall–Kier alpha value is -2.33. The highest BCUT2D eigenvalue weighted by molar-refractivity contribution is 6.31. The van der Waals surface area contributed by atoms with E-state index >= 15 is 0 Å². The molecule has 0 fully saturated rings. The number of carbonyl (C=O) groups is 1.